The summed E-state index contributed by atoms with van der Waals surface area (Å²) in [6, 6.07) is 0.586. The van der Waals surface area contributed by atoms with Crippen molar-refractivity contribution >= 4 is 0 Å². The topological polar surface area (TPSA) is 38.5 Å². The van der Waals surface area contributed by atoms with E-state index in [1.165, 1.54) is 32.2 Å². The zero-order valence-electron chi connectivity index (χ0n) is 10.7. The first-order chi connectivity index (χ1) is 7.69. The number of rotatable bonds is 3. The summed E-state index contributed by atoms with van der Waals surface area (Å²) in [5.41, 5.74) is 5.87. The summed E-state index contributed by atoms with van der Waals surface area (Å²) < 4.78 is 5.90. The van der Waals surface area contributed by atoms with Crippen LogP contribution in [0.15, 0.2) is 0 Å². The first-order valence-electron chi connectivity index (χ1n) is 6.78. The fraction of sp³-hybridized carbons (Fsp3) is 1.00. The highest BCUT2D eigenvalue weighted by molar-refractivity contribution is 4.84. The molecule has 0 saturated carbocycles. The van der Waals surface area contributed by atoms with E-state index in [0.29, 0.717) is 18.2 Å². The van der Waals surface area contributed by atoms with Crippen molar-refractivity contribution in [2.75, 3.05) is 19.6 Å². The molecule has 0 aliphatic carbocycles. The lowest BCUT2D eigenvalue weighted by molar-refractivity contribution is 0.00957. The predicted molar refractivity (Wildman–Crippen MR) is 66.4 cm³/mol. The molecule has 16 heavy (non-hydrogen) atoms. The molecule has 2 heterocycles. The first kappa shape index (κ1) is 12.3. The maximum Gasteiger partial charge on any atom is 0.0706 e. The zero-order chi connectivity index (χ0) is 11.5. The largest absolute Gasteiger partial charge is 0.374 e. The van der Waals surface area contributed by atoms with E-state index in [4.69, 9.17) is 10.5 Å². The molecule has 0 aromatic rings. The standard InChI is InChI=1S/C13H26N2O/c1-10-5-6-15(12(7-10)8-14)9-13-4-3-11(2)16-13/h10-13H,3-9,14H2,1-2H3. The number of hydrogen-bond acceptors (Lipinski definition) is 3. The quantitative estimate of drug-likeness (QED) is 0.794. The molecule has 0 bridgehead atoms. The van der Waals surface area contributed by atoms with Crippen molar-refractivity contribution in [3.63, 3.8) is 0 Å². The Bertz CT molecular complexity index is 222. The average molecular weight is 226 g/mol. The first-order valence-corrected chi connectivity index (χ1v) is 6.78. The number of hydrogen-bond donors (Lipinski definition) is 1. The zero-order valence-corrected chi connectivity index (χ0v) is 10.7. The van der Waals surface area contributed by atoms with E-state index in [2.05, 4.69) is 18.7 Å². The van der Waals surface area contributed by atoms with Crippen LogP contribution in [-0.4, -0.2) is 42.8 Å². The highest BCUT2D eigenvalue weighted by atomic mass is 16.5. The number of nitrogens with zero attached hydrogens (tertiary/aromatic N) is 1. The minimum absolute atomic E-state index is 0.456. The molecule has 0 aromatic carbocycles. The predicted octanol–water partition coefficient (Wildman–Crippen LogP) is 1.61. The van der Waals surface area contributed by atoms with E-state index in [1.54, 1.807) is 0 Å². The van der Waals surface area contributed by atoms with Gasteiger partial charge in [-0.05, 0) is 45.1 Å². The van der Waals surface area contributed by atoms with Gasteiger partial charge in [0.1, 0.15) is 0 Å². The minimum atomic E-state index is 0.456. The number of likely N-dealkylation sites (tertiary alicyclic amines) is 1. The van der Waals surface area contributed by atoms with Crippen molar-refractivity contribution in [3.8, 4) is 0 Å². The fourth-order valence-corrected chi connectivity index (χ4v) is 3.07. The van der Waals surface area contributed by atoms with E-state index in [0.717, 1.165) is 19.0 Å². The van der Waals surface area contributed by atoms with Crippen molar-refractivity contribution < 1.29 is 4.74 Å². The second-order valence-electron chi connectivity index (χ2n) is 5.66. The average Bonchev–Trinajstić information content (AvgIpc) is 2.67. The van der Waals surface area contributed by atoms with Crippen molar-refractivity contribution in [3.05, 3.63) is 0 Å². The molecule has 2 aliphatic heterocycles. The molecule has 3 nitrogen and oxygen atoms in total. The molecule has 3 heteroatoms. The Kier molecular flexibility index (Phi) is 4.22. The van der Waals surface area contributed by atoms with Gasteiger partial charge in [0.25, 0.3) is 0 Å². The second-order valence-corrected chi connectivity index (χ2v) is 5.66. The SMILES string of the molecule is CC1CCN(CC2CCC(C)O2)C(CN)C1. The lowest BCUT2D eigenvalue weighted by atomic mass is 9.92. The lowest BCUT2D eigenvalue weighted by Crippen LogP contribution is -2.49. The Morgan fingerprint density at radius 1 is 1.25 bits per heavy atom. The van der Waals surface area contributed by atoms with Crippen molar-refractivity contribution in [1.82, 2.24) is 4.90 Å². The number of ether oxygens (including phenoxy) is 1. The Morgan fingerprint density at radius 2 is 2.06 bits per heavy atom. The molecule has 0 aromatic heterocycles. The van der Waals surface area contributed by atoms with Gasteiger partial charge in [0, 0.05) is 19.1 Å². The van der Waals surface area contributed by atoms with Crippen LogP contribution in [0, 0.1) is 5.92 Å². The van der Waals surface area contributed by atoms with Crippen molar-refractivity contribution in [1.29, 1.82) is 0 Å². The van der Waals surface area contributed by atoms with E-state index >= 15 is 0 Å². The minimum Gasteiger partial charge on any atom is -0.374 e. The molecule has 2 rings (SSSR count). The van der Waals surface area contributed by atoms with Gasteiger partial charge < -0.3 is 10.5 Å². The van der Waals surface area contributed by atoms with Gasteiger partial charge in [-0.25, -0.2) is 0 Å². The Hall–Kier alpha value is -0.120. The van der Waals surface area contributed by atoms with Crippen LogP contribution >= 0.6 is 0 Å². The normalized spacial score (nSPS) is 41.4. The summed E-state index contributed by atoms with van der Waals surface area (Å²) in [6.07, 6.45) is 5.95. The maximum absolute atomic E-state index is 5.90. The fourth-order valence-electron chi connectivity index (χ4n) is 3.07. The molecular weight excluding hydrogens is 200 g/mol. The van der Waals surface area contributed by atoms with Crippen LogP contribution in [0.4, 0.5) is 0 Å². The molecule has 0 spiro atoms. The van der Waals surface area contributed by atoms with E-state index in [-0.39, 0.29) is 0 Å². The van der Waals surface area contributed by atoms with Gasteiger partial charge in [-0.2, -0.15) is 0 Å². The molecule has 94 valence electrons. The Morgan fingerprint density at radius 3 is 2.69 bits per heavy atom. The summed E-state index contributed by atoms with van der Waals surface area (Å²) in [4.78, 5) is 2.56. The van der Waals surface area contributed by atoms with Gasteiger partial charge >= 0.3 is 0 Å². The Balaban J connectivity index is 1.83. The molecule has 2 fully saturated rings. The summed E-state index contributed by atoms with van der Waals surface area (Å²) in [6.45, 7) is 7.62. The van der Waals surface area contributed by atoms with Crippen LogP contribution in [-0.2, 0) is 4.74 Å². The van der Waals surface area contributed by atoms with E-state index in [9.17, 15) is 0 Å². The molecule has 2 N–H and O–H groups in total. The third-order valence-corrected chi connectivity index (χ3v) is 4.13. The van der Waals surface area contributed by atoms with Crippen molar-refractivity contribution in [2.24, 2.45) is 11.7 Å². The summed E-state index contributed by atoms with van der Waals surface area (Å²) in [5.74, 6) is 0.841. The van der Waals surface area contributed by atoms with Gasteiger partial charge in [-0.15, -0.1) is 0 Å². The smallest absolute Gasteiger partial charge is 0.0706 e. The van der Waals surface area contributed by atoms with Crippen LogP contribution < -0.4 is 5.73 Å². The summed E-state index contributed by atoms with van der Waals surface area (Å²) >= 11 is 0. The summed E-state index contributed by atoms with van der Waals surface area (Å²) in [7, 11) is 0. The molecule has 0 radical (unpaired) electrons. The molecule has 2 saturated heterocycles. The molecule has 2 aliphatic rings. The lowest BCUT2D eigenvalue weighted by Gasteiger charge is -2.39. The van der Waals surface area contributed by atoms with Crippen LogP contribution in [0.2, 0.25) is 0 Å². The second kappa shape index (κ2) is 5.48. The van der Waals surface area contributed by atoms with Gasteiger partial charge in [0.2, 0.25) is 0 Å². The molecule has 0 amide bonds. The van der Waals surface area contributed by atoms with Gasteiger partial charge in [0.15, 0.2) is 0 Å². The third kappa shape index (κ3) is 2.96. The van der Waals surface area contributed by atoms with Gasteiger partial charge in [0.05, 0.1) is 12.2 Å². The molecule has 4 unspecified atom stereocenters. The maximum atomic E-state index is 5.90. The molecule has 4 atom stereocenters. The van der Waals surface area contributed by atoms with Gasteiger partial charge in [-0.3, -0.25) is 4.90 Å². The number of nitrogens with two attached hydrogens (primary N) is 1. The van der Waals surface area contributed by atoms with Crippen LogP contribution in [0.5, 0.6) is 0 Å². The van der Waals surface area contributed by atoms with Gasteiger partial charge in [-0.1, -0.05) is 6.92 Å². The van der Waals surface area contributed by atoms with E-state index in [1.807, 2.05) is 0 Å². The highest BCUT2D eigenvalue weighted by Gasteiger charge is 2.30. The summed E-state index contributed by atoms with van der Waals surface area (Å²) in [5, 5.41) is 0. The van der Waals surface area contributed by atoms with Crippen LogP contribution in [0.1, 0.15) is 39.5 Å². The van der Waals surface area contributed by atoms with E-state index < -0.39 is 0 Å². The van der Waals surface area contributed by atoms with Crippen LogP contribution in [0.25, 0.3) is 0 Å². The van der Waals surface area contributed by atoms with Crippen molar-refractivity contribution in [2.45, 2.75) is 57.8 Å². The number of piperidine rings is 1. The van der Waals surface area contributed by atoms with Crippen LogP contribution in [0.3, 0.4) is 0 Å². The highest BCUT2D eigenvalue weighted by Crippen LogP contribution is 2.25. The Labute approximate surface area is 99.3 Å². The monoisotopic (exact) mass is 226 g/mol. The third-order valence-electron chi connectivity index (χ3n) is 4.13. The molecular formula is C13H26N2O.